The number of para-hydroxylation sites is 1. The highest BCUT2D eigenvalue weighted by Crippen LogP contribution is 2.45. The Morgan fingerprint density at radius 3 is 2.40 bits per heavy atom. The summed E-state index contributed by atoms with van der Waals surface area (Å²) >= 11 is 0. The molecule has 40 heavy (non-hydrogen) atoms. The molecule has 2 aliphatic heterocycles. The molecule has 0 bridgehead atoms. The molecule has 1 unspecified atom stereocenters. The second kappa shape index (κ2) is 10.8. The lowest BCUT2D eigenvalue weighted by molar-refractivity contribution is -0.120. The second-order valence-corrected chi connectivity index (χ2v) is 12.4. The van der Waals surface area contributed by atoms with Gasteiger partial charge in [-0.05, 0) is 74.2 Å². The van der Waals surface area contributed by atoms with E-state index in [9.17, 15) is 18.3 Å². The van der Waals surface area contributed by atoms with Crippen LogP contribution in [0.2, 0.25) is 0 Å². The van der Waals surface area contributed by atoms with Gasteiger partial charge in [-0.3, -0.25) is 4.79 Å². The van der Waals surface area contributed by atoms with Crippen LogP contribution in [-0.2, 0) is 15.0 Å². The summed E-state index contributed by atoms with van der Waals surface area (Å²) in [7, 11) is -3.85. The van der Waals surface area contributed by atoms with E-state index in [1.165, 1.54) is 0 Å². The highest BCUT2D eigenvalue weighted by molar-refractivity contribution is 7.88. The number of aryl methyl sites for hydroxylation is 2. The first-order valence-electron chi connectivity index (χ1n) is 13.2. The molecule has 2 aliphatic rings. The van der Waals surface area contributed by atoms with Crippen molar-refractivity contribution in [3.05, 3.63) is 76.9 Å². The Labute approximate surface area is 234 Å². The molecule has 212 valence electrons. The zero-order valence-corrected chi connectivity index (χ0v) is 23.8. The largest absolute Gasteiger partial charge is 0.493 e. The standard InChI is InChI=1S/C30H34N2O7S/c1-18-14-22(37-13-12-30(3,4)34)15-19(2)28(18)24-7-5-6-23-26(17-38-29(23)24)39-21-10-8-20(9-11-21)25-16-27(33)32-40(35,36)31-25/h5-11,14-15,25-26,31,34H,12-13,16-17H2,1-4H3,(H,32,33)/t25?,26-/m1/s1. The molecule has 0 saturated carbocycles. The summed E-state index contributed by atoms with van der Waals surface area (Å²) in [6.07, 6.45) is 0.247. The molecule has 2 atom stereocenters. The third-order valence-electron chi connectivity index (χ3n) is 7.03. The van der Waals surface area contributed by atoms with Crippen LogP contribution in [0.5, 0.6) is 17.2 Å². The molecule has 3 aromatic rings. The maximum absolute atomic E-state index is 11.8. The quantitative estimate of drug-likeness (QED) is 0.369. The number of hydrogen-bond acceptors (Lipinski definition) is 7. The van der Waals surface area contributed by atoms with Gasteiger partial charge in [0.1, 0.15) is 23.9 Å². The predicted octanol–water partition coefficient (Wildman–Crippen LogP) is 4.42. The molecule has 0 aliphatic carbocycles. The molecule has 0 aromatic heterocycles. The fourth-order valence-electron chi connectivity index (χ4n) is 5.13. The van der Waals surface area contributed by atoms with Crippen LogP contribution in [0, 0.1) is 13.8 Å². The highest BCUT2D eigenvalue weighted by Gasteiger charge is 2.31. The van der Waals surface area contributed by atoms with Crippen molar-refractivity contribution in [2.75, 3.05) is 13.2 Å². The lowest BCUT2D eigenvalue weighted by Gasteiger charge is -2.24. The Hall–Kier alpha value is -3.60. The van der Waals surface area contributed by atoms with Crippen molar-refractivity contribution in [1.29, 1.82) is 0 Å². The van der Waals surface area contributed by atoms with Crippen LogP contribution >= 0.6 is 0 Å². The SMILES string of the molecule is Cc1cc(OCCC(C)(C)O)cc(C)c1-c1cccc2c1OC[C@H]2Oc1ccc(C2CC(=O)NS(=O)(=O)N2)cc1. The van der Waals surface area contributed by atoms with Crippen molar-refractivity contribution < 1.29 is 32.5 Å². The van der Waals surface area contributed by atoms with Crippen LogP contribution in [0.4, 0.5) is 0 Å². The van der Waals surface area contributed by atoms with Gasteiger partial charge in [-0.25, -0.2) is 4.72 Å². The van der Waals surface area contributed by atoms with E-state index in [0.29, 0.717) is 30.9 Å². The van der Waals surface area contributed by atoms with Crippen LogP contribution in [0.25, 0.3) is 11.1 Å². The number of ether oxygens (including phenoxy) is 3. The fourth-order valence-corrected chi connectivity index (χ4v) is 6.16. The number of rotatable bonds is 8. The third-order valence-corrected chi connectivity index (χ3v) is 8.12. The molecule has 0 spiro atoms. The van der Waals surface area contributed by atoms with E-state index in [1.54, 1.807) is 38.1 Å². The Morgan fingerprint density at radius 2 is 1.75 bits per heavy atom. The van der Waals surface area contributed by atoms with Gasteiger partial charge in [0.2, 0.25) is 5.91 Å². The average Bonchev–Trinajstić information content (AvgIpc) is 3.25. The normalized spacial score (nSPS) is 19.9. The predicted molar refractivity (Wildman–Crippen MR) is 151 cm³/mol. The topological polar surface area (TPSA) is 123 Å². The molecule has 1 saturated heterocycles. The van der Waals surface area contributed by atoms with Crippen LogP contribution in [0.3, 0.4) is 0 Å². The molecule has 10 heteroatoms. The van der Waals surface area contributed by atoms with E-state index in [4.69, 9.17) is 14.2 Å². The zero-order chi connectivity index (χ0) is 28.7. The third kappa shape index (κ3) is 6.24. The van der Waals surface area contributed by atoms with Crippen molar-refractivity contribution >= 4 is 16.1 Å². The minimum absolute atomic E-state index is 0.0266. The van der Waals surface area contributed by atoms with Gasteiger partial charge in [-0.2, -0.15) is 13.1 Å². The van der Waals surface area contributed by atoms with Crippen LogP contribution in [0.15, 0.2) is 54.6 Å². The number of amides is 1. The molecule has 1 fully saturated rings. The van der Waals surface area contributed by atoms with Crippen LogP contribution < -0.4 is 23.7 Å². The monoisotopic (exact) mass is 566 g/mol. The smallest absolute Gasteiger partial charge is 0.301 e. The number of carbonyl (C=O) groups is 1. The van der Waals surface area contributed by atoms with E-state index in [2.05, 4.69) is 4.72 Å². The molecular formula is C30H34N2O7S. The molecular weight excluding hydrogens is 532 g/mol. The lowest BCUT2D eigenvalue weighted by Crippen LogP contribution is -2.48. The molecule has 5 rings (SSSR count). The summed E-state index contributed by atoms with van der Waals surface area (Å²) in [5.74, 6) is 1.62. The second-order valence-electron chi connectivity index (χ2n) is 11.0. The summed E-state index contributed by atoms with van der Waals surface area (Å²) in [6, 6.07) is 16.5. The maximum Gasteiger partial charge on any atom is 0.301 e. The Morgan fingerprint density at radius 1 is 1.05 bits per heavy atom. The highest BCUT2D eigenvalue weighted by atomic mass is 32.2. The minimum atomic E-state index is -3.85. The van der Waals surface area contributed by atoms with E-state index in [0.717, 1.165) is 39.3 Å². The summed E-state index contributed by atoms with van der Waals surface area (Å²) in [6.45, 7) is 8.41. The number of nitrogens with one attached hydrogen (secondary N) is 2. The van der Waals surface area contributed by atoms with Crippen molar-refractivity contribution in [3.8, 4) is 28.4 Å². The van der Waals surface area contributed by atoms with Gasteiger partial charge < -0.3 is 19.3 Å². The van der Waals surface area contributed by atoms with Crippen molar-refractivity contribution in [2.45, 2.75) is 58.3 Å². The molecule has 0 radical (unpaired) electrons. The van der Waals surface area contributed by atoms with Crippen molar-refractivity contribution in [1.82, 2.24) is 9.44 Å². The van der Waals surface area contributed by atoms with Crippen molar-refractivity contribution in [2.24, 2.45) is 0 Å². The first-order valence-corrected chi connectivity index (χ1v) is 14.7. The summed E-state index contributed by atoms with van der Waals surface area (Å²) in [4.78, 5) is 11.8. The summed E-state index contributed by atoms with van der Waals surface area (Å²) in [5.41, 5.74) is 5.03. The van der Waals surface area contributed by atoms with Gasteiger partial charge >= 0.3 is 10.2 Å². The molecule has 3 N–H and O–H groups in total. The van der Waals surface area contributed by atoms with Gasteiger partial charge in [0.05, 0.1) is 18.2 Å². The van der Waals surface area contributed by atoms with Crippen molar-refractivity contribution in [3.63, 3.8) is 0 Å². The van der Waals surface area contributed by atoms with E-state index in [1.807, 2.05) is 48.9 Å². The first-order chi connectivity index (χ1) is 18.9. The molecule has 3 aromatic carbocycles. The van der Waals surface area contributed by atoms with E-state index in [-0.39, 0.29) is 12.5 Å². The van der Waals surface area contributed by atoms with Crippen LogP contribution in [-0.4, -0.2) is 38.2 Å². The van der Waals surface area contributed by atoms with E-state index < -0.39 is 27.8 Å². The van der Waals surface area contributed by atoms with E-state index >= 15 is 0 Å². The minimum Gasteiger partial charge on any atom is -0.493 e. The number of fused-ring (bicyclic) bond motifs is 1. The molecule has 1 amide bonds. The lowest BCUT2D eigenvalue weighted by atomic mass is 9.93. The Kier molecular flexibility index (Phi) is 7.52. The Balaban J connectivity index is 1.32. The number of benzene rings is 3. The zero-order valence-electron chi connectivity index (χ0n) is 23.0. The molecule has 9 nitrogen and oxygen atoms in total. The first kappa shape index (κ1) is 27.9. The van der Waals surface area contributed by atoms with Crippen LogP contribution in [0.1, 0.15) is 61.1 Å². The van der Waals surface area contributed by atoms with Gasteiger partial charge in [0.25, 0.3) is 0 Å². The average molecular weight is 567 g/mol. The molecule has 2 heterocycles. The number of hydrogen-bond donors (Lipinski definition) is 3. The fraction of sp³-hybridized carbons (Fsp3) is 0.367. The number of carbonyl (C=O) groups excluding carboxylic acids is 1. The summed E-state index contributed by atoms with van der Waals surface area (Å²) in [5, 5.41) is 9.95. The summed E-state index contributed by atoms with van der Waals surface area (Å²) < 4.78 is 46.4. The van der Waals surface area contributed by atoms with Gasteiger partial charge in [-0.15, -0.1) is 0 Å². The van der Waals surface area contributed by atoms with Gasteiger partial charge in [0.15, 0.2) is 6.10 Å². The number of aliphatic hydroxyl groups is 1. The Bertz CT molecular complexity index is 1510. The maximum atomic E-state index is 11.8. The van der Waals surface area contributed by atoms with Gasteiger partial charge in [-0.1, -0.05) is 30.3 Å². The van der Waals surface area contributed by atoms with Gasteiger partial charge in [0, 0.05) is 24.0 Å².